The predicted octanol–water partition coefficient (Wildman–Crippen LogP) is 0.952. The molecular weight excluding hydrogens is 324 g/mol. The zero-order valence-corrected chi connectivity index (χ0v) is 14.9. The van der Waals surface area contributed by atoms with E-state index in [1.54, 1.807) is 40.2 Å². The molecule has 0 aliphatic carbocycles. The van der Waals surface area contributed by atoms with Gasteiger partial charge in [0, 0.05) is 18.6 Å². The molecule has 1 aliphatic rings. The second kappa shape index (κ2) is 7.57. The number of carbonyl (C=O) groups is 2. The summed E-state index contributed by atoms with van der Waals surface area (Å²) in [6.45, 7) is 3.76. The van der Waals surface area contributed by atoms with Crippen molar-refractivity contribution in [1.82, 2.24) is 5.32 Å². The number of rotatable bonds is 7. The number of carbonyl (C=O) groups excluding carboxylic acids is 2. The highest BCUT2D eigenvalue weighted by Crippen LogP contribution is 2.33. The Labute approximate surface area is 147 Å². The molecule has 1 fully saturated rings. The minimum atomic E-state index is -1.16. The van der Waals surface area contributed by atoms with Crippen LogP contribution in [0, 0.1) is 0 Å². The van der Waals surface area contributed by atoms with E-state index in [-0.39, 0.29) is 18.9 Å². The average molecular weight is 348 g/mol. The van der Waals surface area contributed by atoms with E-state index in [1.807, 2.05) is 6.07 Å². The molecular formula is C18H24N2O5. The standard InChI is InChI=1S/C18H24N2O5/c1-5-25-15(21)8-11(2)16-18(19,17(22)20-16)10-12-6-7-13(23-3)9-14(12)24-4/h6-9,16H,5,10,19H2,1-4H3,(H,20,22)/b11-8+/t16-,18+/m0/s1. The van der Waals surface area contributed by atoms with Crippen LogP contribution in [-0.2, 0) is 20.7 Å². The fraction of sp³-hybridized carbons (Fsp3) is 0.444. The van der Waals surface area contributed by atoms with Crippen LogP contribution >= 0.6 is 0 Å². The second-order valence-electron chi connectivity index (χ2n) is 5.94. The Morgan fingerprint density at radius 3 is 2.64 bits per heavy atom. The number of benzene rings is 1. The lowest BCUT2D eigenvalue weighted by molar-refractivity contribution is -0.138. The molecule has 0 bridgehead atoms. The van der Waals surface area contributed by atoms with Crippen molar-refractivity contribution in [1.29, 1.82) is 0 Å². The van der Waals surface area contributed by atoms with Gasteiger partial charge in [-0.1, -0.05) is 6.07 Å². The molecule has 1 amide bonds. The van der Waals surface area contributed by atoms with Crippen LogP contribution < -0.4 is 20.5 Å². The largest absolute Gasteiger partial charge is 0.497 e. The number of hydrogen-bond donors (Lipinski definition) is 2. The fourth-order valence-corrected chi connectivity index (χ4v) is 2.92. The first-order valence-electron chi connectivity index (χ1n) is 8.01. The number of hydrogen-bond acceptors (Lipinski definition) is 6. The van der Waals surface area contributed by atoms with Crippen molar-refractivity contribution in [2.75, 3.05) is 20.8 Å². The van der Waals surface area contributed by atoms with Gasteiger partial charge in [-0.25, -0.2) is 4.79 Å². The quantitative estimate of drug-likeness (QED) is 0.432. The van der Waals surface area contributed by atoms with E-state index in [0.717, 1.165) is 5.56 Å². The smallest absolute Gasteiger partial charge is 0.330 e. The van der Waals surface area contributed by atoms with Gasteiger partial charge in [0.05, 0.1) is 26.9 Å². The van der Waals surface area contributed by atoms with Gasteiger partial charge >= 0.3 is 5.97 Å². The first-order valence-corrected chi connectivity index (χ1v) is 8.01. The molecule has 0 radical (unpaired) electrons. The zero-order chi connectivity index (χ0) is 18.6. The van der Waals surface area contributed by atoms with E-state index < -0.39 is 17.6 Å². The van der Waals surface area contributed by atoms with E-state index in [9.17, 15) is 9.59 Å². The van der Waals surface area contributed by atoms with Crippen LogP contribution in [-0.4, -0.2) is 44.3 Å². The summed E-state index contributed by atoms with van der Waals surface area (Å²) in [5.41, 5.74) is 6.65. The summed E-state index contributed by atoms with van der Waals surface area (Å²) in [7, 11) is 3.11. The SMILES string of the molecule is CCOC(=O)/C=C(\C)[C@@H]1NC(=O)[C@@]1(N)Cc1ccc(OC)cc1OC. The lowest BCUT2D eigenvalue weighted by Crippen LogP contribution is -2.78. The Kier molecular flexibility index (Phi) is 5.69. The molecule has 1 aliphatic heterocycles. The van der Waals surface area contributed by atoms with Crippen LogP contribution in [0.1, 0.15) is 19.4 Å². The van der Waals surface area contributed by atoms with Gasteiger partial charge in [-0.2, -0.15) is 0 Å². The Hall–Kier alpha value is -2.54. The summed E-state index contributed by atoms with van der Waals surface area (Å²) in [6, 6.07) is 4.90. The molecule has 0 spiro atoms. The van der Waals surface area contributed by atoms with Crippen LogP contribution in [0.4, 0.5) is 0 Å². The van der Waals surface area contributed by atoms with Gasteiger partial charge < -0.3 is 25.3 Å². The molecule has 3 N–H and O–H groups in total. The highest BCUT2D eigenvalue weighted by Gasteiger charge is 2.53. The number of amides is 1. The second-order valence-corrected chi connectivity index (χ2v) is 5.94. The van der Waals surface area contributed by atoms with Crippen molar-refractivity contribution in [2.24, 2.45) is 5.73 Å². The maximum atomic E-state index is 12.2. The summed E-state index contributed by atoms with van der Waals surface area (Å²) in [5.74, 6) is 0.520. The van der Waals surface area contributed by atoms with E-state index >= 15 is 0 Å². The number of β-lactam (4-membered cyclic amide) rings is 1. The lowest BCUT2D eigenvalue weighted by Gasteiger charge is -2.46. The highest BCUT2D eigenvalue weighted by atomic mass is 16.5. The lowest BCUT2D eigenvalue weighted by atomic mass is 9.74. The highest BCUT2D eigenvalue weighted by molar-refractivity contribution is 5.96. The number of ether oxygens (including phenoxy) is 3. The van der Waals surface area contributed by atoms with Gasteiger partial charge in [0.25, 0.3) is 0 Å². The van der Waals surface area contributed by atoms with Crippen molar-refractivity contribution in [3.05, 3.63) is 35.4 Å². The van der Waals surface area contributed by atoms with Crippen LogP contribution in [0.5, 0.6) is 11.5 Å². The van der Waals surface area contributed by atoms with Crippen LogP contribution in [0.2, 0.25) is 0 Å². The molecule has 7 heteroatoms. The number of nitrogens with two attached hydrogens (primary N) is 1. The number of esters is 1. The Bertz CT molecular complexity index is 701. The van der Waals surface area contributed by atoms with Crippen molar-refractivity contribution in [2.45, 2.75) is 31.8 Å². The molecule has 7 nitrogen and oxygen atoms in total. The third-order valence-corrected chi connectivity index (χ3v) is 4.28. The van der Waals surface area contributed by atoms with Crippen LogP contribution in [0.3, 0.4) is 0 Å². The topological polar surface area (TPSA) is 99.9 Å². The summed E-state index contributed by atoms with van der Waals surface area (Å²) in [6.07, 6.45) is 1.63. The molecule has 0 unspecified atom stereocenters. The minimum absolute atomic E-state index is 0.269. The maximum absolute atomic E-state index is 12.2. The van der Waals surface area contributed by atoms with E-state index in [4.69, 9.17) is 19.9 Å². The fourth-order valence-electron chi connectivity index (χ4n) is 2.92. The Morgan fingerprint density at radius 2 is 2.08 bits per heavy atom. The number of nitrogens with one attached hydrogen (secondary N) is 1. The van der Waals surface area contributed by atoms with Crippen molar-refractivity contribution in [3.63, 3.8) is 0 Å². The summed E-state index contributed by atoms with van der Waals surface area (Å²) < 4.78 is 15.5. The van der Waals surface area contributed by atoms with E-state index in [0.29, 0.717) is 17.1 Å². The van der Waals surface area contributed by atoms with Gasteiger partial charge in [0.1, 0.15) is 17.0 Å². The molecule has 2 atom stereocenters. The Morgan fingerprint density at radius 1 is 1.36 bits per heavy atom. The molecule has 136 valence electrons. The van der Waals surface area contributed by atoms with Crippen LogP contribution in [0.25, 0.3) is 0 Å². The third kappa shape index (κ3) is 3.76. The van der Waals surface area contributed by atoms with Gasteiger partial charge in [-0.3, -0.25) is 4.79 Å². The molecule has 0 aromatic heterocycles. The monoisotopic (exact) mass is 348 g/mol. The van der Waals surface area contributed by atoms with Crippen molar-refractivity contribution >= 4 is 11.9 Å². The zero-order valence-electron chi connectivity index (χ0n) is 14.9. The van der Waals surface area contributed by atoms with E-state index in [1.165, 1.54) is 6.08 Å². The first-order chi connectivity index (χ1) is 11.8. The Balaban J connectivity index is 2.24. The van der Waals surface area contributed by atoms with Gasteiger partial charge in [0.15, 0.2) is 0 Å². The van der Waals surface area contributed by atoms with Crippen molar-refractivity contribution < 1.29 is 23.8 Å². The van der Waals surface area contributed by atoms with Gasteiger partial charge in [0.2, 0.25) is 5.91 Å². The molecule has 1 aromatic rings. The van der Waals surface area contributed by atoms with Gasteiger partial charge in [-0.05, 0) is 31.1 Å². The molecule has 0 saturated carbocycles. The summed E-state index contributed by atoms with van der Waals surface area (Å²) in [4.78, 5) is 23.8. The van der Waals surface area contributed by atoms with E-state index in [2.05, 4.69) is 5.32 Å². The maximum Gasteiger partial charge on any atom is 0.330 e. The summed E-state index contributed by atoms with van der Waals surface area (Å²) >= 11 is 0. The van der Waals surface area contributed by atoms with Crippen molar-refractivity contribution in [3.8, 4) is 11.5 Å². The third-order valence-electron chi connectivity index (χ3n) is 4.28. The number of methoxy groups -OCH3 is 2. The van der Waals surface area contributed by atoms with Gasteiger partial charge in [-0.15, -0.1) is 0 Å². The molecule has 1 heterocycles. The average Bonchev–Trinajstić information content (AvgIpc) is 2.59. The molecule has 1 aromatic carbocycles. The predicted molar refractivity (Wildman–Crippen MR) is 92.5 cm³/mol. The molecule has 25 heavy (non-hydrogen) atoms. The molecule has 1 saturated heterocycles. The normalized spacial score (nSPS) is 22.7. The summed E-state index contributed by atoms with van der Waals surface area (Å²) in [5, 5.41) is 2.76. The van der Waals surface area contributed by atoms with Crippen LogP contribution in [0.15, 0.2) is 29.8 Å². The molecule has 2 rings (SSSR count). The minimum Gasteiger partial charge on any atom is -0.497 e. The first kappa shape index (κ1) is 18.8.